The van der Waals surface area contributed by atoms with Crippen molar-refractivity contribution in [3.8, 4) is 23.0 Å². The number of amides is 1. The molecule has 0 bridgehead atoms. The number of benzene rings is 4. The third kappa shape index (κ3) is 12.3. The molecule has 1 saturated carbocycles. The quantitative estimate of drug-likeness (QED) is 0.0175. The molecule has 19 nitrogen and oxygen atoms in total. The summed E-state index contributed by atoms with van der Waals surface area (Å²) in [5, 5.41) is 57.4. The third-order valence-electron chi connectivity index (χ3n) is 13.0. The molecule has 3 aliphatic rings. The van der Waals surface area contributed by atoms with Gasteiger partial charge in [-0.1, -0.05) is 42.3 Å². The minimum atomic E-state index is -1.72. The van der Waals surface area contributed by atoms with Gasteiger partial charge in [0.25, 0.3) is 11.4 Å². The summed E-state index contributed by atoms with van der Waals surface area (Å²) in [6.07, 6.45) is 7.34. The van der Waals surface area contributed by atoms with Gasteiger partial charge in [0.15, 0.2) is 0 Å². The molecule has 6 atom stereocenters. The van der Waals surface area contributed by atoms with Crippen LogP contribution in [0, 0.1) is 38.0 Å². The Balaban J connectivity index is 1.43. The molecule has 1 aliphatic heterocycles. The second-order valence-corrected chi connectivity index (χ2v) is 17.4. The molecule has 376 valence electrons. The first kappa shape index (κ1) is 51.8. The number of hydrogen-bond donors (Lipinski definition) is 3. The summed E-state index contributed by atoms with van der Waals surface area (Å²) in [6, 6.07) is 22.1. The van der Waals surface area contributed by atoms with Crippen molar-refractivity contribution in [1.82, 2.24) is 4.90 Å². The fourth-order valence-corrected chi connectivity index (χ4v) is 9.90. The molecule has 1 heterocycles. The van der Waals surface area contributed by atoms with E-state index in [2.05, 4.69) is 12.7 Å². The standard InChI is InChI=1S/C52H58N4O15/c1-2-26-67-52-48(54(22-27-66-28-25-59)51(61)70-40-18-16-39(17-19-40)56(64)65)32-46(53-68-34-35-12-14-38(15-13-35)55(62)63)44-30-37(9-3-5-23-57)43(11-4-6-24-58)49(50(44)52)45-31-42(20-21-47(45)71-52)69-41-10-7-8-36(29-41)33-60/h2,7-8,10,12-21,29-31,33,37,43,48-50,57-59H,1,3-6,9,11,22-28,32,34H2/t37-,43+,48-,49+,50+,52+/m0/s1. The van der Waals surface area contributed by atoms with Crippen LogP contribution < -0.4 is 14.2 Å². The van der Waals surface area contributed by atoms with E-state index < -0.39 is 39.6 Å². The van der Waals surface area contributed by atoms with Gasteiger partial charge in [0.05, 0.1) is 47.9 Å². The van der Waals surface area contributed by atoms with Crippen molar-refractivity contribution in [3.05, 3.63) is 152 Å². The number of hydrogen-bond acceptors (Lipinski definition) is 16. The van der Waals surface area contributed by atoms with Gasteiger partial charge in [0, 0.05) is 67.5 Å². The molecular weight excluding hydrogens is 921 g/mol. The maximum atomic E-state index is 14.9. The molecule has 4 aromatic carbocycles. The van der Waals surface area contributed by atoms with Crippen LogP contribution in [0.3, 0.4) is 0 Å². The number of carbonyl (C=O) groups is 2. The highest BCUT2D eigenvalue weighted by Gasteiger charge is 2.65. The van der Waals surface area contributed by atoms with Gasteiger partial charge in [-0.15, -0.1) is 6.58 Å². The Labute approximate surface area is 410 Å². The minimum absolute atomic E-state index is 0.00437. The molecule has 3 N–H and O–H groups in total. The predicted molar refractivity (Wildman–Crippen MR) is 258 cm³/mol. The molecule has 7 rings (SSSR count). The fraction of sp³-hybridized carbons (Fsp3) is 0.404. The Morgan fingerprint density at radius 1 is 0.859 bits per heavy atom. The number of nitrogens with zero attached hydrogens (tertiary/aromatic N) is 4. The third-order valence-corrected chi connectivity index (χ3v) is 13.0. The second-order valence-electron chi connectivity index (χ2n) is 17.4. The fourth-order valence-electron chi connectivity index (χ4n) is 9.90. The number of aldehydes is 1. The molecule has 1 fully saturated rings. The van der Waals surface area contributed by atoms with E-state index in [4.69, 9.17) is 33.7 Å². The molecule has 0 unspecified atom stereocenters. The molecule has 19 heteroatoms. The van der Waals surface area contributed by atoms with Crippen molar-refractivity contribution < 1.29 is 63.3 Å². The van der Waals surface area contributed by atoms with Crippen molar-refractivity contribution >= 4 is 29.5 Å². The number of oxime groups is 1. The summed E-state index contributed by atoms with van der Waals surface area (Å²) in [5.74, 6) is -1.82. The maximum absolute atomic E-state index is 14.9. The Morgan fingerprint density at radius 2 is 1.55 bits per heavy atom. The first-order valence-corrected chi connectivity index (χ1v) is 23.6. The summed E-state index contributed by atoms with van der Waals surface area (Å²) >= 11 is 0. The zero-order valence-corrected chi connectivity index (χ0v) is 39.1. The lowest BCUT2D eigenvalue weighted by Crippen LogP contribution is -2.70. The minimum Gasteiger partial charge on any atom is -0.459 e. The number of nitro benzene ring substituents is 2. The van der Waals surface area contributed by atoms with Crippen LogP contribution in [0.2, 0.25) is 0 Å². The number of non-ortho nitro benzene ring substituents is 2. The molecular formula is C52H58N4O15. The van der Waals surface area contributed by atoms with Crippen LogP contribution in [0.25, 0.3) is 0 Å². The van der Waals surface area contributed by atoms with Gasteiger partial charge in [-0.25, -0.2) is 4.79 Å². The number of allylic oxidation sites excluding steroid dienone is 1. The largest absolute Gasteiger partial charge is 0.459 e. The number of unbranched alkanes of at least 4 members (excludes halogenated alkanes) is 2. The van der Waals surface area contributed by atoms with Crippen LogP contribution in [0.5, 0.6) is 23.0 Å². The first-order valence-electron chi connectivity index (χ1n) is 23.6. The SMILES string of the molecule is C=CCO[C@@]12Oc3ccc(Oc4cccc(C=O)c4)cc3[C@H]3[C@H](CCCCO)[C@@H](CCCCO)C=C(C(=NOCc4ccc([N+](=O)[O-])cc4)C[C@@H]1N(CCOCCO)C(=O)Oc1ccc([N+](=O)[O-])cc1)[C@H]32. The average Bonchev–Trinajstić information content (AvgIpc) is 3.37. The van der Waals surface area contributed by atoms with Gasteiger partial charge >= 0.3 is 6.09 Å². The Morgan fingerprint density at radius 3 is 2.23 bits per heavy atom. The summed E-state index contributed by atoms with van der Waals surface area (Å²) in [4.78, 5) is 56.0. The van der Waals surface area contributed by atoms with E-state index in [-0.39, 0.29) is 88.2 Å². The highest BCUT2D eigenvalue weighted by molar-refractivity contribution is 6.03. The lowest BCUT2D eigenvalue weighted by Gasteiger charge is -2.59. The van der Waals surface area contributed by atoms with Gasteiger partial charge in [0.1, 0.15) is 41.9 Å². The van der Waals surface area contributed by atoms with Crippen LogP contribution >= 0.6 is 0 Å². The number of rotatable bonds is 26. The Kier molecular flexibility index (Phi) is 18.0. The Hall–Kier alpha value is -7.03. The van der Waals surface area contributed by atoms with Crippen LogP contribution in [0.4, 0.5) is 16.2 Å². The van der Waals surface area contributed by atoms with Crippen molar-refractivity contribution in [1.29, 1.82) is 0 Å². The molecule has 0 saturated heterocycles. The zero-order chi connectivity index (χ0) is 50.3. The van der Waals surface area contributed by atoms with Gasteiger partial charge < -0.3 is 43.8 Å². The van der Waals surface area contributed by atoms with Gasteiger partial charge in [-0.2, -0.15) is 0 Å². The molecule has 0 aromatic heterocycles. The van der Waals surface area contributed by atoms with Crippen LogP contribution in [0.15, 0.2) is 120 Å². The monoisotopic (exact) mass is 978 g/mol. The van der Waals surface area contributed by atoms with E-state index in [1.807, 2.05) is 6.07 Å². The summed E-state index contributed by atoms with van der Waals surface area (Å²) < 4.78 is 32.4. The van der Waals surface area contributed by atoms with Crippen molar-refractivity contribution in [2.45, 2.75) is 69.3 Å². The normalized spacial score (nSPS) is 21.4. The average molecular weight is 979 g/mol. The zero-order valence-electron chi connectivity index (χ0n) is 39.1. The van der Waals surface area contributed by atoms with Gasteiger partial charge in [0.2, 0.25) is 5.79 Å². The van der Waals surface area contributed by atoms with Gasteiger partial charge in [-0.3, -0.25) is 29.9 Å². The Bertz CT molecular complexity index is 2550. The van der Waals surface area contributed by atoms with E-state index in [0.717, 1.165) is 17.4 Å². The number of carbonyl (C=O) groups excluding carboxylic acids is 2. The lowest BCUT2D eigenvalue weighted by atomic mass is 9.55. The van der Waals surface area contributed by atoms with E-state index in [0.29, 0.717) is 72.6 Å². The van der Waals surface area contributed by atoms with E-state index in [1.54, 1.807) is 54.6 Å². The highest BCUT2D eigenvalue weighted by atomic mass is 16.7. The number of aliphatic hydroxyl groups excluding tert-OH is 3. The predicted octanol–water partition coefficient (Wildman–Crippen LogP) is 8.45. The first-order chi connectivity index (χ1) is 34.5. The van der Waals surface area contributed by atoms with Crippen LogP contribution in [0.1, 0.15) is 72.3 Å². The highest BCUT2D eigenvalue weighted by Crippen LogP contribution is 2.62. The molecule has 2 aliphatic carbocycles. The van der Waals surface area contributed by atoms with Gasteiger partial charge in [-0.05, 0) is 103 Å². The van der Waals surface area contributed by atoms with Crippen LogP contribution in [-0.4, -0.2) is 106 Å². The van der Waals surface area contributed by atoms with Crippen molar-refractivity contribution in [3.63, 3.8) is 0 Å². The van der Waals surface area contributed by atoms with E-state index in [1.165, 1.54) is 41.3 Å². The number of ether oxygens (including phenoxy) is 5. The topological polar surface area (TPSA) is 252 Å². The van der Waals surface area contributed by atoms with Crippen LogP contribution in [-0.2, 0) is 20.9 Å². The molecule has 1 amide bonds. The maximum Gasteiger partial charge on any atom is 0.415 e. The lowest BCUT2D eigenvalue weighted by molar-refractivity contribution is -0.385. The van der Waals surface area contributed by atoms with Crippen molar-refractivity contribution in [2.75, 3.05) is 46.2 Å². The molecule has 0 radical (unpaired) electrons. The molecule has 0 spiro atoms. The smallest absolute Gasteiger partial charge is 0.415 e. The summed E-state index contributed by atoms with van der Waals surface area (Å²) in [7, 11) is 0. The number of fused-ring (bicyclic) bond motifs is 2. The molecule has 71 heavy (non-hydrogen) atoms. The van der Waals surface area contributed by atoms with Crippen molar-refractivity contribution in [2.24, 2.45) is 22.9 Å². The summed E-state index contributed by atoms with van der Waals surface area (Å²) in [6.45, 7) is 3.35. The number of nitro groups is 2. The van der Waals surface area contributed by atoms with E-state index in [9.17, 15) is 45.1 Å². The summed E-state index contributed by atoms with van der Waals surface area (Å²) in [5.41, 5.74) is 2.67. The molecule has 4 aromatic rings. The second kappa shape index (κ2) is 24.7. The number of aliphatic hydroxyl groups is 3. The van der Waals surface area contributed by atoms with E-state index >= 15 is 0 Å².